The second-order valence-corrected chi connectivity index (χ2v) is 38.7. The smallest absolute Gasteiger partial charge is 0.236 e. The maximum Gasteiger partial charge on any atom is 0.236 e. The molecule has 0 aromatic heterocycles. The van der Waals surface area contributed by atoms with E-state index in [0.29, 0.717) is 115 Å². The number of ether oxygens (including phenoxy) is 8. The van der Waals surface area contributed by atoms with Gasteiger partial charge >= 0.3 is 0 Å². The summed E-state index contributed by atoms with van der Waals surface area (Å²) in [5.74, 6) is 1.70. The number of hydrogen-bond donors (Lipinski definition) is 0. The first-order valence-electron chi connectivity index (χ1n) is 39.7. The molecular formula is C88H108O16P4. The average Bonchev–Trinajstić information content (AvgIpc) is 0.719. The molecular weight excluding hydrogens is 1440 g/mol. The second kappa shape index (κ2) is 35.9. The van der Waals surface area contributed by atoms with Crippen LogP contribution in [0.5, 0.6) is 46.0 Å². The van der Waals surface area contributed by atoms with Gasteiger partial charge in [-0.15, -0.1) is 0 Å². The highest BCUT2D eigenvalue weighted by molar-refractivity contribution is 7.67. The molecule has 4 aliphatic heterocycles. The van der Waals surface area contributed by atoms with Crippen molar-refractivity contribution in [3.8, 4) is 46.0 Å². The molecule has 4 unspecified atom stereocenters. The van der Waals surface area contributed by atoms with E-state index >= 15 is 18.3 Å². The fraction of sp³-hybridized carbons (Fsp3) is 0.455. The highest BCUT2D eigenvalue weighted by Gasteiger charge is 2.46. The summed E-state index contributed by atoms with van der Waals surface area (Å²) in [5.41, 5.74) is 8.99. The van der Waals surface area contributed by atoms with Crippen LogP contribution in [0.4, 0.5) is 0 Å². The van der Waals surface area contributed by atoms with Crippen LogP contribution in [0.2, 0.25) is 0 Å². The number of unbranched alkanes of at least 4 members (excludes halogenated alkanes) is 8. The lowest BCUT2D eigenvalue weighted by atomic mass is 9.74. The zero-order valence-electron chi connectivity index (χ0n) is 64.3. The van der Waals surface area contributed by atoms with E-state index in [0.717, 1.165) is 122 Å². The molecule has 108 heavy (non-hydrogen) atoms. The van der Waals surface area contributed by atoms with Crippen molar-refractivity contribution in [2.24, 2.45) is 0 Å². The van der Waals surface area contributed by atoms with Crippen LogP contribution in [-0.2, 0) is 61.0 Å². The van der Waals surface area contributed by atoms with Gasteiger partial charge in [0.05, 0.1) is 51.1 Å². The van der Waals surface area contributed by atoms with Crippen LogP contribution in [0.15, 0.2) is 146 Å². The fourth-order valence-electron chi connectivity index (χ4n) is 17.0. The maximum atomic E-state index is 16.6. The minimum atomic E-state index is -3.86. The largest absolute Gasteiger partial charge is 0.457 e. The van der Waals surface area contributed by atoms with Crippen LogP contribution in [0.3, 0.4) is 0 Å². The third-order valence-electron chi connectivity index (χ3n) is 22.0. The number of hydrogen-bond acceptors (Lipinski definition) is 16. The molecule has 13 rings (SSSR count). The van der Waals surface area contributed by atoms with E-state index in [4.69, 9.17) is 56.0 Å². The first-order chi connectivity index (χ1) is 52.7. The Morgan fingerprint density at radius 3 is 0.602 bits per heavy atom. The summed E-state index contributed by atoms with van der Waals surface area (Å²) in [6.45, 7) is 15.6. The van der Waals surface area contributed by atoms with Gasteiger partial charge < -0.3 is 56.0 Å². The van der Waals surface area contributed by atoms with Crippen LogP contribution in [0.1, 0.15) is 249 Å². The first kappa shape index (κ1) is 79.0. The van der Waals surface area contributed by atoms with Crippen LogP contribution in [0.25, 0.3) is 0 Å². The maximum absolute atomic E-state index is 16.6. The van der Waals surface area contributed by atoms with E-state index < -0.39 is 53.1 Å². The zero-order chi connectivity index (χ0) is 75.4. The lowest BCUT2D eigenvalue weighted by molar-refractivity contribution is 0.0949. The van der Waals surface area contributed by atoms with Crippen LogP contribution in [-0.4, -0.2) is 53.6 Å². The van der Waals surface area contributed by atoms with Gasteiger partial charge in [-0.25, -0.2) is 0 Å². The average molecular weight is 1550 g/mol. The number of benzene rings is 8. The molecule has 0 fully saturated rings. The number of rotatable bonds is 36. The Kier molecular flexibility index (Phi) is 26.3. The van der Waals surface area contributed by atoms with Crippen LogP contribution >= 0.6 is 29.5 Å². The van der Waals surface area contributed by atoms with Gasteiger partial charge in [-0.05, 0) is 126 Å². The van der Waals surface area contributed by atoms with Gasteiger partial charge in [0.15, 0.2) is 0 Å². The standard InChI is InChI=1S/C88H108O16P4/c1-9-17-25-45-65-69-49-71-66(46-26-18-10-2)73-51-75-68(48-28-20-12-4)76-52-74-67(47-27-19-11-3)72-50-70(65)82-78(54-106(90,102-14-6)62-39-31-22-32-40-62)84(72)96-59-98-86(74)80(56-108(92,104-16-8)64-43-35-24-36-44-64)88(76)100-60-99-87(75)79(55-107(91,103-15-7)63-41-33-23-34-42-63)85(73)97-58-95-83(71)77(81(69)93-57-94-82)53-105(89,101-13-5)61-37-29-21-30-38-61/h21-24,29-44,49-52,65-68H,9-20,25-28,45-48,53-60H2,1-8H3. The molecule has 5 aliphatic rings. The molecule has 4 heterocycles. The van der Waals surface area contributed by atoms with Gasteiger partial charge in [0.25, 0.3) is 0 Å². The summed E-state index contributed by atoms with van der Waals surface area (Å²) in [6.07, 6.45) is 12.4. The molecule has 0 saturated heterocycles. The lowest BCUT2D eigenvalue weighted by Gasteiger charge is -2.38. The van der Waals surface area contributed by atoms with Crippen molar-refractivity contribution in [1.29, 1.82) is 0 Å². The quantitative estimate of drug-likeness (QED) is 0.0267. The van der Waals surface area contributed by atoms with Gasteiger partial charge in [-0.2, -0.15) is 0 Å². The summed E-state index contributed by atoms with van der Waals surface area (Å²) in [4.78, 5) is 0. The highest BCUT2D eigenvalue weighted by Crippen LogP contribution is 2.65. The van der Waals surface area contributed by atoms with Crippen LogP contribution < -0.4 is 59.1 Å². The van der Waals surface area contributed by atoms with E-state index in [9.17, 15) is 0 Å². The normalized spacial score (nSPS) is 18.8. The molecule has 0 spiro atoms. The molecule has 0 radical (unpaired) electrons. The molecule has 0 amide bonds. The molecule has 20 heteroatoms. The lowest BCUT2D eigenvalue weighted by Crippen LogP contribution is -2.26. The van der Waals surface area contributed by atoms with Crippen molar-refractivity contribution in [1.82, 2.24) is 0 Å². The summed E-state index contributed by atoms with van der Waals surface area (Å²) in [6, 6.07) is 47.1. The van der Waals surface area contributed by atoms with Gasteiger partial charge in [0, 0.05) is 112 Å². The van der Waals surface area contributed by atoms with E-state index in [-0.39, 0.29) is 78.2 Å². The van der Waals surface area contributed by atoms with E-state index in [1.54, 1.807) is 0 Å². The van der Waals surface area contributed by atoms with Gasteiger partial charge in [0.1, 0.15) is 46.0 Å². The van der Waals surface area contributed by atoms with Gasteiger partial charge in [0.2, 0.25) is 56.6 Å². The Morgan fingerprint density at radius 1 is 0.269 bits per heavy atom. The van der Waals surface area contributed by atoms with Crippen molar-refractivity contribution < 1.29 is 74.3 Å². The molecule has 0 saturated carbocycles. The van der Waals surface area contributed by atoms with Crippen molar-refractivity contribution in [3.63, 3.8) is 0 Å². The predicted molar refractivity (Wildman–Crippen MR) is 430 cm³/mol. The van der Waals surface area contributed by atoms with Crippen molar-refractivity contribution in [2.75, 3.05) is 53.6 Å². The minimum absolute atomic E-state index is 0.114. The summed E-state index contributed by atoms with van der Waals surface area (Å²) < 4.78 is 152. The Bertz CT molecular complexity index is 3910. The summed E-state index contributed by atoms with van der Waals surface area (Å²) in [7, 11) is -15.4. The SMILES string of the molecule is CCCCCC1c2cc3c4c(CP(=O)(OCC)c5ccccc5)c2OCOc2c1cc1c(c2CP(=O)(OCC)c2ccccc2)OCOc2c(cc5c(c2CP(=O)(OCC)c2ccccc2)OCOc2c(cc(c(c2CP(=O)(OCC)c2ccccc2)OCO4)C3CCCCC)C5CCCCC)C1CCCCC. The van der Waals surface area contributed by atoms with E-state index in [2.05, 4.69) is 52.0 Å². The third-order valence-corrected chi connectivity index (χ3v) is 31.9. The monoisotopic (exact) mass is 1540 g/mol. The molecule has 16 nitrogen and oxygen atoms in total. The summed E-state index contributed by atoms with van der Waals surface area (Å²) in [5, 5.41) is 2.20. The van der Waals surface area contributed by atoms with Crippen LogP contribution in [0, 0.1) is 0 Å². The molecule has 8 aromatic rings. The minimum Gasteiger partial charge on any atom is -0.457 e. The van der Waals surface area contributed by atoms with Gasteiger partial charge in [-0.3, -0.25) is 18.3 Å². The van der Waals surface area contributed by atoms with Crippen molar-refractivity contribution in [2.45, 2.75) is 206 Å². The first-order valence-corrected chi connectivity index (χ1v) is 46.9. The Morgan fingerprint density at radius 2 is 0.444 bits per heavy atom. The molecule has 8 bridgehead atoms. The highest BCUT2D eigenvalue weighted by atomic mass is 31.2. The van der Waals surface area contributed by atoms with Crippen molar-refractivity contribution >= 4 is 50.7 Å². The Labute approximate surface area is 639 Å². The topological polar surface area (TPSA) is 179 Å². The Hall–Kier alpha value is -7.08. The summed E-state index contributed by atoms with van der Waals surface area (Å²) >= 11 is 0. The fourth-order valence-corrected chi connectivity index (χ4v) is 25.7. The molecule has 576 valence electrons. The predicted octanol–water partition coefficient (Wildman–Crippen LogP) is 22.3. The third kappa shape index (κ3) is 16.3. The zero-order valence-corrected chi connectivity index (χ0v) is 67.9. The molecule has 4 atom stereocenters. The molecule has 8 aromatic carbocycles. The molecule has 0 N–H and O–H groups in total. The van der Waals surface area contributed by atoms with E-state index in [1.807, 2.05) is 149 Å². The van der Waals surface area contributed by atoms with Gasteiger partial charge in [-0.1, -0.05) is 178 Å². The Balaban J connectivity index is 1.25. The van der Waals surface area contributed by atoms with Crippen molar-refractivity contribution in [3.05, 3.63) is 212 Å². The second-order valence-electron chi connectivity index (χ2n) is 28.9. The molecule has 1 aliphatic carbocycles. The van der Waals surface area contributed by atoms with E-state index in [1.165, 1.54) is 0 Å².